The Morgan fingerprint density at radius 2 is 1.81 bits per heavy atom. The predicted molar refractivity (Wildman–Crippen MR) is 135 cm³/mol. The van der Waals surface area contributed by atoms with Gasteiger partial charge in [0.25, 0.3) is 0 Å². The number of alkyl carbamates (subject to hydrolysis) is 1. The number of nitrogens with one attached hydrogen (secondary N) is 2. The third kappa shape index (κ3) is 6.97. The highest BCUT2D eigenvalue weighted by atomic mass is 19.4. The molecule has 3 aromatic rings. The molecular formula is C28H26F3N3O3. The molecule has 0 saturated carbocycles. The second-order valence-corrected chi connectivity index (χ2v) is 8.76. The summed E-state index contributed by atoms with van der Waals surface area (Å²) in [5.74, 6) is -0.432. The van der Waals surface area contributed by atoms with Gasteiger partial charge in [0.05, 0.1) is 29.1 Å². The van der Waals surface area contributed by atoms with E-state index in [1.54, 1.807) is 0 Å². The molecule has 0 atom stereocenters. The summed E-state index contributed by atoms with van der Waals surface area (Å²) in [7, 11) is 0. The lowest BCUT2D eigenvalue weighted by atomic mass is 10.0. The number of hydrogen-bond donors (Lipinski definition) is 2. The van der Waals surface area contributed by atoms with Crippen LogP contribution in [-0.2, 0) is 28.7 Å². The Balaban J connectivity index is 1.39. The van der Waals surface area contributed by atoms with Crippen LogP contribution in [0.15, 0.2) is 71.7 Å². The zero-order chi connectivity index (χ0) is 26.4. The van der Waals surface area contributed by atoms with Crippen molar-refractivity contribution in [3.8, 4) is 0 Å². The Morgan fingerprint density at radius 3 is 2.57 bits per heavy atom. The first-order chi connectivity index (χ1) is 17.7. The number of aliphatic imine (C=N–C) groups is 1. The minimum Gasteiger partial charge on any atom is -0.445 e. The first kappa shape index (κ1) is 25.9. The van der Waals surface area contributed by atoms with Crippen LogP contribution in [0.25, 0.3) is 0 Å². The van der Waals surface area contributed by atoms with Gasteiger partial charge in [-0.15, -0.1) is 0 Å². The third-order valence-electron chi connectivity index (χ3n) is 5.89. The first-order valence-electron chi connectivity index (χ1n) is 11.8. The van der Waals surface area contributed by atoms with E-state index in [0.717, 1.165) is 17.2 Å². The summed E-state index contributed by atoms with van der Waals surface area (Å²) in [6, 6.07) is 19.2. The molecule has 0 radical (unpaired) electrons. The molecule has 1 aliphatic heterocycles. The number of anilines is 1. The van der Waals surface area contributed by atoms with Crippen molar-refractivity contribution in [3.63, 3.8) is 0 Å². The van der Waals surface area contributed by atoms with Gasteiger partial charge in [0.2, 0.25) is 5.91 Å². The van der Waals surface area contributed by atoms with Gasteiger partial charge in [-0.05, 0) is 60.2 Å². The molecule has 0 bridgehead atoms. The van der Waals surface area contributed by atoms with Gasteiger partial charge in [-0.1, -0.05) is 48.5 Å². The Hall–Kier alpha value is -4.14. The van der Waals surface area contributed by atoms with Gasteiger partial charge in [-0.2, -0.15) is 13.2 Å². The van der Waals surface area contributed by atoms with E-state index < -0.39 is 23.7 Å². The van der Waals surface area contributed by atoms with Crippen molar-refractivity contribution in [3.05, 3.63) is 94.5 Å². The highest BCUT2D eigenvalue weighted by molar-refractivity contribution is 6.17. The van der Waals surface area contributed by atoms with Crippen molar-refractivity contribution in [1.82, 2.24) is 5.32 Å². The molecule has 3 aromatic carbocycles. The van der Waals surface area contributed by atoms with E-state index in [9.17, 15) is 22.8 Å². The number of alkyl halides is 3. The number of amides is 2. The molecule has 0 aliphatic carbocycles. The summed E-state index contributed by atoms with van der Waals surface area (Å²) in [4.78, 5) is 28.9. The van der Waals surface area contributed by atoms with E-state index in [0.29, 0.717) is 30.7 Å². The molecule has 6 nitrogen and oxygen atoms in total. The fourth-order valence-electron chi connectivity index (χ4n) is 4.05. The van der Waals surface area contributed by atoms with E-state index in [1.807, 2.05) is 54.6 Å². The summed E-state index contributed by atoms with van der Waals surface area (Å²) in [6.45, 7) is 2.00. The fraction of sp³-hybridized carbons (Fsp3) is 0.250. The fourth-order valence-corrected chi connectivity index (χ4v) is 4.05. The molecule has 0 aromatic heterocycles. The van der Waals surface area contributed by atoms with Crippen LogP contribution in [0.3, 0.4) is 0 Å². The molecule has 1 aliphatic rings. The largest absolute Gasteiger partial charge is 0.445 e. The number of rotatable bonds is 7. The Morgan fingerprint density at radius 1 is 1.05 bits per heavy atom. The lowest BCUT2D eigenvalue weighted by Gasteiger charge is -2.13. The van der Waals surface area contributed by atoms with E-state index in [1.165, 1.54) is 13.0 Å². The highest BCUT2D eigenvalue weighted by Gasteiger charge is 2.34. The molecule has 0 unspecified atom stereocenters. The van der Waals surface area contributed by atoms with E-state index in [-0.39, 0.29) is 30.0 Å². The van der Waals surface area contributed by atoms with E-state index in [4.69, 9.17) is 4.74 Å². The Kier molecular flexibility index (Phi) is 7.91. The average molecular weight is 510 g/mol. The second-order valence-electron chi connectivity index (χ2n) is 8.76. The normalized spacial score (nSPS) is 13.2. The molecule has 37 heavy (non-hydrogen) atoms. The van der Waals surface area contributed by atoms with Crippen molar-refractivity contribution >= 4 is 29.1 Å². The number of fused-ring (bicyclic) bond motifs is 1. The molecule has 0 spiro atoms. The first-order valence-corrected chi connectivity index (χ1v) is 11.8. The SMILES string of the molecule is Cc1cc2c(cc1C(F)(F)F)NC(=O)CC(c1cccc(CCCNC(=O)OCc3ccccc3)c1)=N2. The lowest BCUT2D eigenvalue weighted by Crippen LogP contribution is -2.25. The van der Waals surface area contributed by atoms with Crippen LogP contribution < -0.4 is 10.6 Å². The van der Waals surface area contributed by atoms with Crippen LogP contribution in [0.2, 0.25) is 0 Å². The van der Waals surface area contributed by atoms with Crippen molar-refractivity contribution < 1.29 is 27.5 Å². The topological polar surface area (TPSA) is 79.8 Å². The van der Waals surface area contributed by atoms with Gasteiger partial charge in [0.15, 0.2) is 0 Å². The number of hydrogen-bond acceptors (Lipinski definition) is 4. The van der Waals surface area contributed by atoms with Crippen LogP contribution in [0, 0.1) is 6.92 Å². The maximum atomic E-state index is 13.3. The van der Waals surface area contributed by atoms with Crippen LogP contribution in [-0.4, -0.2) is 24.3 Å². The summed E-state index contributed by atoms with van der Waals surface area (Å²) < 4.78 is 45.1. The monoisotopic (exact) mass is 509 g/mol. The number of nitrogens with zero attached hydrogens (tertiary/aromatic N) is 1. The van der Waals surface area contributed by atoms with Crippen molar-refractivity contribution in [2.45, 2.75) is 39.0 Å². The zero-order valence-electron chi connectivity index (χ0n) is 20.2. The summed E-state index contributed by atoms with van der Waals surface area (Å²) >= 11 is 0. The number of benzene rings is 3. The second kappa shape index (κ2) is 11.3. The van der Waals surface area contributed by atoms with Crippen LogP contribution in [0.1, 0.15) is 40.7 Å². The number of halogens is 3. The van der Waals surface area contributed by atoms with Crippen LogP contribution >= 0.6 is 0 Å². The summed E-state index contributed by atoms with van der Waals surface area (Å²) in [6.07, 6.45) is -3.74. The molecule has 9 heteroatoms. The van der Waals surface area contributed by atoms with E-state index >= 15 is 0 Å². The number of carbonyl (C=O) groups excluding carboxylic acids is 2. The molecule has 0 fully saturated rings. The average Bonchev–Trinajstić information content (AvgIpc) is 3.03. The zero-order valence-corrected chi connectivity index (χ0v) is 20.2. The minimum atomic E-state index is -4.52. The van der Waals surface area contributed by atoms with Gasteiger partial charge in [-0.25, -0.2) is 4.79 Å². The predicted octanol–water partition coefficient (Wildman–Crippen LogP) is 6.34. The molecule has 192 valence electrons. The van der Waals surface area contributed by atoms with Gasteiger partial charge < -0.3 is 15.4 Å². The number of ether oxygens (including phenoxy) is 1. The quantitative estimate of drug-likeness (QED) is 0.365. The molecule has 2 amide bonds. The lowest BCUT2D eigenvalue weighted by molar-refractivity contribution is -0.138. The third-order valence-corrected chi connectivity index (χ3v) is 5.89. The number of aryl methyl sites for hydroxylation is 2. The Bertz CT molecular complexity index is 1320. The van der Waals surface area contributed by atoms with Crippen LogP contribution in [0.4, 0.5) is 29.3 Å². The maximum Gasteiger partial charge on any atom is 0.416 e. The van der Waals surface area contributed by atoms with Gasteiger partial charge in [-0.3, -0.25) is 9.79 Å². The van der Waals surface area contributed by atoms with Crippen molar-refractivity contribution in [2.24, 2.45) is 4.99 Å². The number of carbonyl (C=O) groups is 2. The van der Waals surface area contributed by atoms with Gasteiger partial charge >= 0.3 is 12.3 Å². The Labute approximate surface area is 212 Å². The minimum absolute atomic E-state index is 0.0362. The van der Waals surface area contributed by atoms with Crippen molar-refractivity contribution in [1.29, 1.82) is 0 Å². The smallest absolute Gasteiger partial charge is 0.416 e. The van der Waals surface area contributed by atoms with Crippen molar-refractivity contribution in [2.75, 3.05) is 11.9 Å². The van der Waals surface area contributed by atoms with Crippen LogP contribution in [0.5, 0.6) is 0 Å². The van der Waals surface area contributed by atoms with E-state index in [2.05, 4.69) is 15.6 Å². The molecule has 0 saturated heterocycles. The van der Waals surface area contributed by atoms with Gasteiger partial charge in [0, 0.05) is 6.54 Å². The summed E-state index contributed by atoms with van der Waals surface area (Å²) in [5.41, 5.74) is 2.64. The standard InChI is InChI=1S/C28H26F3N3O3/c1-18-13-24-25(15-22(18)28(29,30)31)34-26(35)16-23(33-24)21-11-5-9-19(14-21)10-6-12-32-27(36)37-17-20-7-3-2-4-8-20/h2-5,7-9,11,13-15H,6,10,12,16-17H2,1H3,(H,32,36)(H,34,35). The molecular weight excluding hydrogens is 483 g/mol. The summed E-state index contributed by atoms with van der Waals surface area (Å²) in [5, 5.41) is 5.27. The van der Waals surface area contributed by atoms with Gasteiger partial charge in [0.1, 0.15) is 6.61 Å². The highest BCUT2D eigenvalue weighted by Crippen LogP contribution is 2.39. The molecule has 2 N–H and O–H groups in total. The molecule has 4 rings (SSSR count). The molecule has 1 heterocycles. The maximum absolute atomic E-state index is 13.3.